The van der Waals surface area contributed by atoms with Crippen LogP contribution in [0.2, 0.25) is 0 Å². The minimum absolute atomic E-state index is 0.374. The molecule has 1 aromatic heterocycles. The largest absolute Gasteiger partial charge is 0.296 e. The molecule has 1 aliphatic rings. The first-order valence-electron chi connectivity index (χ1n) is 7.54. The van der Waals surface area contributed by atoms with Crippen LogP contribution in [0, 0.1) is 13.8 Å². The predicted molar refractivity (Wildman–Crippen MR) is 89.9 cm³/mol. The molecule has 0 amide bonds. The third kappa shape index (κ3) is 3.60. The average molecular weight is 352 g/mol. The van der Waals surface area contributed by atoms with Crippen LogP contribution in [-0.2, 0) is 16.6 Å². The van der Waals surface area contributed by atoms with E-state index in [9.17, 15) is 8.42 Å². The van der Waals surface area contributed by atoms with Crippen LogP contribution in [0.4, 0.5) is 0 Å². The van der Waals surface area contributed by atoms with E-state index in [1.165, 1.54) is 11.5 Å². The number of sulfonamides is 1. The molecule has 124 valence electrons. The lowest BCUT2D eigenvalue weighted by atomic mass is 10.2. The molecule has 0 spiro atoms. The first-order chi connectivity index (χ1) is 11.0. The van der Waals surface area contributed by atoms with E-state index in [0.29, 0.717) is 18.0 Å². The quantitative estimate of drug-likeness (QED) is 0.837. The van der Waals surface area contributed by atoms with Crippen LogP contribution in [0.15, 0.2) is 29.2 Å². The summed E-state index contributed by atoms with van der Waals surface area (Å²) in [6, 6.07) is 7.04. The lowest BCUT2D eigenvalue weighted by molar-refractivity contribution is 0.182. The molecule has 1 saturated heterocycles. The Bertz CT molecular complexity index is 763. The Hall–Kier alpha value is -1.35. The molecule has 2 aromatic rings. The Labute approximate surface area is 141 Å². The Morgan fingerprint density at radius 3 is 2.30 bits per heavy atom. The number of aromatic nitrogens is 2. The van der Waals surface area contributed by atoms with E-state index in [-0.39, 0.29) is 0 Å². The van der Waals surface area contributed by atoms with E-state index in [1.807, 2.05) is 26.0 Å². The van der Waals surface area contributed by atoms with Gasteiger partial charge in [0.2, 0.25) is 10.0 Å². The van der Waals surface area contributed by atoms with Gasteiger partial charge in [0.1, 0.15) is 0 Å². The van der Waals surface area contributed by atoms with Gasteiger partial charge in [-0.25, -0.2) is 8.42 Å². The Morgan fingerprint density at radius 2 is 1.74 bits per heavy atom. The maximum atomic E-state index is 12.7. The van der Waals surface area contributed by atoms with Crippen molar-refractivity contribution in [1.82, 2.24) is 18.8 Å². The van der Waals surface area contributed by atoms with Gasteiger partial charge in [-0.1, -0.05) is 22.2 Å². The zero-order chi connectivity index (χ0) is 16.4. The first kappa shape index (κ1) is 16.5. The molecular weight excluding hydrogens is 332 g/mol. The van der Waals surface area contributed by atoms with Crippen molar-refractivity contribution in [1.29, 1.82) is 0 Å². The van der Waals surface area contributed by atoms with E-state index in [1.54, 1.807) is 16.4 Å². The summed E-state index contributed by atoms with van der Waals surface area (Å²) in [4.78, 5) is 3.78. The zero-order valence-corrected chi connectivity index (χ0v) is 14.9. The standard InChI is InChI=1S/C15H20N4O2S2/c1-12-3-5-14(6-4-12)23(20,21)19-9-7-18(8-10-19)11-15-13(2)16-17-22-15/h3-6H,7-11H2,1-2H3. The second-order valence-corrected chi connectivity index (χ2v) is 8.55. The van der Waals surface area contributed by atoms with Gasteiger partial charge >= 0.3 is 0 Å². The molecule has 8 heteroatoms. The lowest BCUT2D eigenvalue weighted by Crippen LogP contribution is -2.48. The highest BCUT2D eigenvalue weighted by atomic mass is 32.2. The van der Waals surface area contributed by atoms with Crippen molar-refractivity contribution >= 4 is 21.6 Å². The molecule has 1 aromatic carbocycles. The van der Waals surface area contributed by atoms with E-state index in [2.05, 4.69) is 14.5 Å². The van der Waals surface area contributed by atoms with Gasteiger partial charge in [0.15, 0.2) is 0 Å². The molecule has 0 aliphatic carbocycles. The monoisotopic (exact) mass is 352 g/mol. The summed E-state index contributed by atoms with van der Waals surface area (Å²) in [5, 5.41) is 4.02. The Balaban J connectivity index is 1.64. The highest BCUT2D eigenvalue weighted by Crippen LogP contribution is 2.20. The molecule has 0 bridgehead atoms. The number of hydrogen-bond donors (Lipinski definition) is 0. The fourth-order valence-corrected chi connectivity index (χ4v) is 4.68. The van der Waals surface area contributed by atoms with Gasteiger partial charge in [0, 0.05) is 32.7 Å². The molecule has 23 heavy (non-hydrogen) atoms. The van der Waals surface area contributed by atoms with Crippen molar-refractivity contribution in [3.8, 4) is 0 Å². The van der Waals surface area contributed by atoms with Gasteiger partial charge in [-0.05, 0) is 37.5 Å². The Kier molecular flexibility index (Phi) is 4.77. The maximum absolute atomic E-state index is 12.7. The predicted octanol–water partition coefficient (Wildman–Crippen LogP) is 1.66. The van der Waals surface area contributed by atoms with Gasteiger partial charge in [-0.2, -0.15) is 4.31 Å². The molecular formula is C15H20N4O2S2. The molecule has 1 aliphatic heterocycles. The van der Waals surface area contributed by atoms with Crippen molar-refractivity contribution in [3.05, 3.63) is 40.4 Å². The van der Waals surface area contributed by atoms with Crippen LogP contribution in [0.1, 0.15) is 16.1 Å². The van der Waals surface area contributed by atoms with Gasteiger partial charge in [0.05, 0.1) is 15.5 Å². The van der Waals surface area contributed by atoms with Gasteiger partial charge in [-0.15, -0.1) is 5.10 Å². The van der Waals surface area contributed by atoms with Crippen LogP contribution >= 0.6 is 11.5 Å². The van der Waals surface area contributed by atoms with E-state index < -0.39 is 10.0 Å². The summed E-state index contributed by atoms with van der Waals surface area (Å²) in [5.74, 6) is 0. The smallest absolute Gasteiger partial charge is 0.243 e. The average Bonchev–Trinajstić information content (AvgIpc) is 2.93. The molecule has 0 saturated carbocycles. The van der Waals surface area contributed by atoms with E-state index >= 15 is 0 Å². The molecule has 0 radical (unpaired) electrons. The van der Waals surface area contributed by atoms with Gasteiger partial charge in [-0.3, -0.25) is 4.90 Å². The molecule has 0 N–H and O–H groups in total. The normalized spacial score (nSPS) is 17.5. The molecule has 6 nitrogen and oxygen atoms in total. The van der Waals surface area contributed by atoms with Crippen molar-refractivity contribution in [3.63, 3.8) is 0 Å². The summed E-state index contributed by atoms with van der Waals surface area (Å²) in [6.45, 7) is 7.18. The first-order valence-corrected chi connectivity index (χ1v) is 9.75. The van der Waals surface area contributed by atoms with Crippen LogP contribution in [0.25, 0.3) is 0 Å². The molecule has 0 atom stereocenters. The van der Waals surface area contributed by atoms with E-state index in [0.717, 1.165) is 35.8 Å². The fourth-order valence-electron chi connectivity index (χ4n) is 2.59. The zero-order valence-electron chi connectivity index (χ0n) is 13.3. The Morgan fingerprint density at radius 1 is 1.09 bits per heavy atom. The van der Waals surface area contributed by atoms with Gasteiger partial charge in [0.25, 0.3) is 0 Å². The SMILES string of the molecule is Cc1ccc(S(=O)(=O)N2CCN(Cc3snnc3C)CC2)cc1. The number of piperazine rings is 1. The summed E-state index contributed by atoms with van der Waals surface area (Å²) in [6.07, 6.45) is 0. The minimum atomic E-state index is -3.39. The number of rotatable bonds is 4. The summed E-state index contributed by atoms with van der Waals surface area (Å²) in [7, 11) is -3.39. The second kappa shape index (κ2) is 6.64. The van der Waals surface area contributed by atoms with Gasteiger partial charge < -0.3 is 0 Å². The summed E-state index contributed by atoms with van der Waals surface area (Å²) >= 11 is 1.41. The van der Waals surface area contributed by atoms with Crippen molar-refractivity contribution in [2.45, 2.75) is 25.3 Å². The molecule has 3 rings (SSSR count). The summed E-state index contributed by atoms with van der Waals surface area (Å²) < 4.78 is 30.9. The van der Waals surface area contributed by atoms with Crippen LogP contribution < -0.4 is 0 Å². The topological polar surface area (TPSA) is 66.4 Å². The number of benzene rings is 1. The van der Waals surface area contributed by atoms with Crippen LogP contribution in [-0.4, -0.2) is 53.4 Å². The fraction of sp³-hybridized carbons (Fsp3) is 0.467. The van der Waals surface area contributed by atoms with Crippen molar-refractivity contribution in [2.24, 2.45) is 0 Å². The number of nitrogens with zero attached hydrogens (tertiary/aromatic N) is 4. The van der Waals surface area contributed by atoms with Crippen molar-refractivity contribution < 1.29 is 8.42 Å². The summed E-state index contributed by atoms with van der Waals surface area (Å²) in [5.41, 5.74) is 2.02. The lowest BCUT2D eigenvalue weighted by Gasteiger charge is -2.33. The maximum Gasteiger partial charge on any atom is 0.243 e. The third-order valence-corrected chi connectivity index (χ3v) is 6.82. The second-order valence-electron chi connectivity index (χ2n) is 5.77. The van der Waals surface area contributed by atoms with Crippen LogP contribution in [0.5, 0.6) is 0 Å². The highest BCUT2D eigenvalue weighted by molar-refractivity contribution is 7.89. The van der Waals surface area contributed by atoms with Crippen molar-refractivity contribution in [2.75, 3.05) is 26.2 Å². The molecule has 0 unspecified atom stereocenters. The minimum Gasteiger partial charge on any atom is -0.296 e. The molecule has 2 heterocycles. The highest BCUT2D eigenvalue weighted by Gasteiger charge is 2.28. The third-order valence-electron chi connectivity index (χ3n) is 4.10. The number of aryl methyl sites for hydroxylation is 2. The van der Waals surface area contributed by atoms with E-state index in [4.69, 9.17) is 0 Å². The van der Waals surface area contributed by atoms with Crippen LogP contribution in [0.3, 0.4) is 0 Å². The molecule has 1 fully saturated rings. The number of hydrogen-bond acceptors (Lipinski definition) is 6.